The third kappa shape index (κ3) is 1.13. The molecule has 0 unspecified atom stereocenters. The van der Waals surface area contributed by atoms with Crippen molar-refractivity contribution in [1.82, 2.24) is 0 Å². The van der Waals surface area contributed by atoms with Crippen LogP contribution in [0, 0.1) is 28.1 Å². The van der Waals surface area contributed by atoms with Crippen LogP contribution in [0.25, 0.3) is 0 Å². The van der Waals surface area contributed by atoms with E-state index in [9.17, 15) is 4.79 Å². The summed E-state index contributed by atoms with van der Waals surface area (Å²) in [5.74, 6) is -0.913. The number of hydrogen-bond acceptors (Lipinski definition) is 2. The van der Waals surface area contributed by atoms with Crippen molar-refractivity contribution in [2.24, 2.45) is 16.7 Å². The Morgan fingerprint density at radius 1 is 1.54 bits per heavy atom. The fourth-order valence-corrected chi connectivity index (χ4v) is 2.11. The number of aliphatic carboxylic acids is 1. The number of nitrogens with zero attached hydrogens (tertiary/aromatic N) is 1. The Morgan fingerprint density at radius 3 is 2.31 bits per heavy atom. The van der Waals surface area contributed by atoms with Crippen molar-refractivity contribution >= 4 is 5.97 Å². The van der Waals surface area contributed by atoms with Gasteiger partial charge in [-0.25, -0.2) is 0 Å². The lowest BCUT2D eigenvalue weighted by atomic mass is 9.66. The van der Waals surface area contributed by atoms with Crippen molar-refractivity contribution in [1.29, 1.82) is 5.26 Å². The van der Waals surface area contributed by atoms with Gasteiger partial charge in [0.05, 0.1) is 17.4 Å². The maximum Gasteiger partial charge on any atom is 0.309 e. The van der Waals surface area contributed by atoms with Gasteiger partial charge in [-0.3, -0.25) is 4.79 Å². The van der Waals surface area contributed by atoms with Gasteiger partial charge < -0.3 is 5.11 Å². The van der Waals surface area contributed by atoms with Crippen molar-refractivity contribution in [2.45, 2.75) is 33.6 Å². The van der Waals surface area contributed by atoms with E-state index < -0.39 is 16.8 Å². The minimum absolute atomic E-state index is 0.131. The summed E-state index contributed by atoms with van der Waals surface area (Å²) < 4.78 is 0. The SMILES string of the molecule is CC1(C)[C@@H](C#N)CC[C@@]1(C)C(=O)O. The lowest BCUT2D eigenvalue weighted by Gasteiger charge is -2.35. The van der Waals surface area contributed by atoms with Crippen LogP contribution in [0.4, 0.5) is 0 Å². The second-order valence-corrected chi connectivity index (χ2v) is 4.58. The molecule has 72 valence electrons. The highest BCUT2D eigenvalue weighted by Gasteiger charge is 2.56. The third-order valence-electron chi connectivity index (χ3n) is 3.85. The van der Waals surface area contributed by atoms with E-state index in [0.717, 1.165) is 0 Å². The first kappa shape index (κ1) is 10.0. The van der Waals surface area contributed by atoms with Gasteiger partial charge in [0.15, 0.2) is 0 Å². The fourth-order valence-electron chi connectivity index (χ4n) is 2.11. The van der Waals surface area contributed by atoms with Crippen LogP contribution in [-0.4, -0.2) is 11.1 Å². The summed E-state index contributed by atoms with van der Waals surface area (Å²) in [5.41, 5.74) is -1.17. The molecular formula is C10H15NO2. The molecule has 3 nitrogen and oxygen atoms in total. The first-order valence-electron chi connectivity index (χ1n) is 4.49. The maximum atomic E-state index is 11.1. The van der Waals surface area contributed by atoms with Crippen LogP contribution in [0.1, 0.15) is 33.6 Å². The molecule has 0 radical (unpaired) electrons. The zero-order chi connectivity index (χ0) is 10.3. The summed E-state index contributed by atoms with van der Waals surface area (Å²) in [6.45, 7) is 5.50. The highest BCUT2D eigenvalue weighted by atomic mass is 16.4. The van der Waals surface area contributed by atoms with E-state index in [4.69, 9.17) is 10.4 Å². The number of rotatable bonds is 1. The van der Waals surface area contributed by atoms with Crippen molar-refractivity contribution < 1.29 is 9.90 Å². The summed E-state index contributed by atoms with van der Waals surface area (Å²) in [7, 11) is 0. The Hall–Kier alpha value is -1.04. The predicted molar refractivity (Wildman–Crippen MR) is 47.9 cm³/mol. The van der Waals surface area contributed by atoms with Gasteiger partial charge in [-0.2, -0.15) is 5.26 Å². The van der Waals surface area contributed by atoms with Gasteiger partial charge in [-0.15, -0.1) is 0 Å². The molecule has 0 aliphatic heterocycles. The lowest BCUT2D eigenvalue weighted by molar-refractivity contribution is -0.153. The minimum Gasteiger partial charge on any atom is -0.481 e. The van der Waals surface area contributed by atoms with Gasteiger partial charge in [0.1, 0.15) is 0 Å². The minimum atomic E-state index is -0.782. The van der Waals surface area contributed by atoms with E-state index in [1.165, 1.54) is 0 Å². The average Bonchev–Trinajstić information content (AvgIpc) is 2.25. The van der Waals surface area contributed by atoms with E-state index in [0.29, 0.717) is 12.8 Å². The molecule has 1 aliphatic carbocycles. The fraction of sp³-hybridized carbons (Fsp3) is 0.800. The van der Waals surface area contributed by atoms with Gasteiger partial charge in [0.2, 0.25) is 0 Å². The molecule has 0 bridgehead atoms. The quantitative estimate of drug-likeness (QED) is 0.673. The Kier molecular flexibility index (Phi) is 2.11. The number of carboxylic acids is 1. The van der Waals surface area contributed by atoms with Crippen LogP contribution in [0.2, 0.25) is 0 Å². The third-order valence-corrected chi connectivity index (χ3v) is 3.85. The summed E-state index contributed by atoms with van der Waals surface area (Å²) in [6.07, 6.45) is 1.31. The normalized spacial score (nSPS) is 36.9. The molecule has 1 aliphatic rings. The van der Waals surface area contributed by atoms with Gasteiger partial charge >= 0.3 is 5.97 Å². The second-order valence-electron chi connectivity index (χ2n) is 4.58. The standard InChI is InChI=1S/C10H15NO2/c1-9(2)7(6-11)4-5-10(9,3)8(12)13/h7H,4-5H2,1-3H3,(H,12,13)/t7-,10+/m1/s1. The second kappa shape index (κ2) is 2.73. The van der Waals surface area contributed by atoms with Gasteiger partial charge in [-0.1, -0.05) is 13.8 Å². The molecule has 0 aromatic carbocycles. The molecule has 2 atom stereocenters. The molecule has 0 heterocycles. The molecule has 13 heavy (non-hydrogen) atoms. The van der Waals surface area contributed by atoms with Crippen LogP contribution in [0.5, 0.6) is 0 Å². The van der Waals surface area contributed by atoms with Crippen LogP contribution in [0.15, 0.2) is 0 Å². The monoisotopic (exact) mass is 181 g/mol. The summed E-state index contributed by atoms with van der Waals surface area (Å²) in [5, 5.41) is 18.0. The number of hydrogen-bond donors (Lipinski definition) is 1. The Bertz CT molecular complexity index is 277. The predicted octanol–water partition coefficient (Wildman–Crippen LogP) is 2.04. The Balaban J connectivity index is 3.07. The summed E-state index contributed by atoms with van der Waals surface area (Å²) in [4.78, 5) is 11.1. The topological polar surface area (TPSA) is 61.1 Å². The highest BCUT2D eigenvalue weighted by Crippen LogP contribution is 2.55. The molecule has 0 aromatic rings. The Morgan fingerprint density at radius 2 is 2.08 bits per heavy atom. The molecule has 3 heteroatoms. The molecule has 1 saturated carbocycles. The van der Waals surface area contributed by atoms with E-state index >= 15 is 0 Å². The largest absolute Gasteiger partial charge is 0.481 e. The first-order chi connectivity index (χ1) is 5.86. The van der Waals surface area contributed by atoms with Gasteiger partial charge in [-0.05, 0) is 25.2 Å². The maximum absolute atomic E-state index is 11.1. The van der Waals surface area contributed by atoms with Gasteiger partial charge in [0.25, 0.3) is 0 Å². The molecule has 1 N–H and O–H groups in total. The molecule has 0 saturated heterocycles. The van der Waals surface area contributed by atoms with Crippen LogP contribution in [0.3, 0.4) is 0 Å². The molecule has 1 rings (SSSR count). The zero-order valence-electron chi connectivity index (χ0n) is 8.29. The van der Waals surface area contributed by atoms with Crippen molar-refractivity contribution in [3.8, 4) is 6.07 Å². The van der Waals surface area contributed by atoms with E-state index in [1.807, 2.05) is 13.8 Å². The number of carbonyl (C=O) groups is 1. The molecule has 0 amide bonds. The van der Waals surface area contributed by atoms with Crippen molar-refractivity contribution in [3.05, 3.63) is 0 Å². The van der Waals surface area contributed by atoms with E-state index in [2.05, 4.69) is 6.07 Å². The Labute approximate surface area is 78.4 Å². The van der Waals surface area contributed by atoms with E-state index in [1.54, 1.807) is 6.92 Å². The van der Waals surface area contributed by atoms with Crippen molar-refractivity contribution in [3.63, 3.8) is 0 Å². The number of carboxylic acid groups (broad SMARTS) is 1. The van der Waals surface area contributed by atoms with Crippen LogP contribution in [-0.2, 0) is 4.79 Å². The number of nitriles is 1. The first-order valence-corrected chi connectivity index (χ1v) is 4.49. The molecule has 0 spiro atoms. The van der Waals surface area contributed by atoms with E-state index in [-0.39, 0.29) is 5.92 Å². The molecule has 1 fully saturated rings. The van der Waals surface area contributed by atoms with Crippen molar-refractivity contribution in [2.75, 3.05) is 0 Å². The molecule has 0 aromatic heterocycles. The molecular weight excluding hydrogens is 166 g/mol. The summed E-state index contributed by atoms with van der Waals surface area (Å²) in [6, 6.07) is 2.20. The summed E-state index contributed by atoms with van der Waals surface area (Å²) >= 11 is 0. The smallest absolute Gasteiger partial charge is 0.309 e. The van der Waals surface area contributed by atoms with Crippen LogP contribution >= 0.6 is 0 Å². The lowest BCUT2D eigenvalue weighted by Crippen LogP contribution is -2.40. The zero-order valence-corrected chi connectivity index (χ0v) is 8.29. The average molecular weight is 181 g/mol. The van der Waals surface area contributed by atoms with Crippen LogP contribution < -0.4 is 0 Å². The van der Waals surface area contributed by atoms with Gasteiger partial charge in [0, 0.05) is 0 Å². The highest BCUT2D eigenvalue weighted by molar-refractivity contribution is 5.76.